The van der Waals surface area contributed by atoms with Crippen molar-refractivity contribution in [2.75, 3.05) is 13.1 Å². The molecule has 21 heavy (non-hydrogen) atoms. The number of halogens is 1. The molecule has 112 valence electrons. The van der Waals surface area contributed by atoms with Gasteiger partial charge in [0.05, 0.1) is 12.1 Å². The number of nitrogens with one attached hydrogen (secondary N) is 1. The molecule has 0 saturated carbocycles. The van der Waals surface area contributed by atoms with E-state index in [2.05, 4.69) is 23.5 Å². The van der Waals surface area contributed by atoms with Gasteiger partial charge in [-0.3, -0.25) is 4.79 Å². The Bertz CT molecular complexity index is 528. The number of rotatable bonds is 2. The van der Waals surface area contributed by atoms with E-state index in [0.717, 1.165) is 32.4 Å². The smallest absolute Gasteiger partial charge is 0.240 e. The molecule has 2 saturated heterocycles. The van der Waals surface area contributed by atoms with Crippen LogP contribution in [0.25, 0.3) is 0 Å². The molecule has 2 aliphatic rings. The monoisotopic (exact) mass is 305 g/mol. The molecule has 2 heterocycles. The first kappa shape index (κ1) is 15.8. The van der Waals surface area contributed by atoms with Gasteiger partial charge in [0, 0.05) is 13.1 Å². The molecule has 1 amide bonds. The van der Waals surface area contributed by atoms with Crippen molar-refractivity contribution in [1.82, 2.24) is 10.2 Å². The summed E-state index contributed by atoms with van der Waals surface area (Å²) >= 11 is 0. The molecule has 3 atom stereocenters. The first-order valence-electron chi connectivity index (χ1n) is 7.28. The summed E-state index contributed by atoms with van der Waals surface area (Å²) < 4.78 is 0. The number of carbonyl (C=O) groups is 1. The second kappa shape index (κ2) is 6.93. The van der Waals surface area contributed by atoms with Gasteiger partial charge in [-0.25, -0.2) is 0 Å². The average Bonchev–Trinajstić information content (AvgIpc) is 3.16. The maximum absolute atomic E-state index is 12.5. The van der Waals surface area contributed by atoms with Gasteiger partial charge in [-0.2, -0.15) is 5.26 Å². The largest absolute Gasteiger partial charge is 0.325 e. The molecule has 1 aromatic rings. The van der Waals surface area contributed by atoms with Gasteiger partial charge in [0.15, 0.2) is 0 Å². The molecule has 4 nitrogen and oxygen atoms in total. The van der Waals surface area contributed by atoms with Crippen LogP contribution in [0.1, 0.15) is 30.7 Å². The minimum absolute atomic E-state index is 0. The summed E-state index contributed by atoms with van der Waals surface area (Å²) in [6.07, 6.45) is 2.59. The van der Waals surface area contributed by atoms with Crippen LogP contribution in [0.2, 0.25) is 0 Å². The van der Waals surface area contributed by atoms with E-state index in [4.69, 9.17) is 5.26 Å². The number of nitrogens with zero attached hydrogens (tertiary/aromatic N) is 2. The minimum atomic E-state index is -0.222. The lowest BCUT2D eigenvalue weighted by molar-refractivity contribution is -0.133. The standard InChI is InChI=1S/C16H19N3O.ClH/c17-10-14-7-4-8-19(14)16(20)15-9-13(11-18-15)12-5-2-1-3-6-12;/h1-3,5-6,13-15,18H,4,7-9,11H2;1H/t13-,14-,15-;/m0./s1. The summed E-state index contributed by atoms with van der Waals surface area (Å²) in [6.45, 7) is 1.57. The lowest BCUT2D eigenvalue weighted by Gasteiger charge is -2.23. The molecule has 2 fully saturated rings. The average molecular weight is 306 g/mol. The molecule has 2 aliphatic heterocycles. The zero-order valence-electron chi connectivity index (χ0n) is 11.9. The fourth-order valence-corrected chi connectivity index (χ4v) is 3.27. The Morgan fingerprint density at radius 3 is 2.81 bits per heavy atom. The molecular weight excluding hydrogens is 286 g/mol. The normalized spacial score (nSPS) is 28.0. The highest BCUT2D eigenvalue weighted by Gasteiger charge is 2.37. The van der Waals surface area contributed by atoms with E-state index in [1.807, 2.05) is 18.2 Å². The molecule has 1 aromatic carbocycles. The Balaban J connectivity index is 0.00000161. The molecular formula is C16H20ClN3O. The van der Waals surface area contributed by atoms with Crippen LogP contribution in [0.5, 0.6) is 0 Å². The Kier molecular flexibility index (Phi) is 5.22. The van der Waals surface area contributed by atoms with Crippen LogP contribution in [0, 0.1) is 11.3 Å². The van der Waals surface area contributed by atoms with Crippen LogP contribution in [0.3, 0.4) is 0 Å². The molecule has 0 aliphatic carbocycles. The van der Waals surface area contributed by atoms with Crippen molar-refractivity contribution in [3.05, 3.63) is 35.9 Å². The zero-order chi connectivity index (χ0) is 13.9. The number of hydrogen-bond acceptors (Lipinski definition) is 3. The third-order valence-electron chi connectivity index (χ3n) is 4.38. The summed E-state index contributed by atoms with van der Waals surface area (Å²) in [6, 6.07) is 12.2. The molecule has 0 radical (unpaired) electrons. The number of carbonyl (C=O) groups excluding carboxylic acids is 1. The molecule has 5 heteroatoms. The molecule has 1 N–H and O–H groups in total. The van der Waals surface area contributed by atoms with Crippen LogP contribution in [0.4, 0.5) is 0 Å². The van der Waals surface area contributed by atoms with Gasteiger partial charge in [0.2, 0.25) is 5.91 Å². The maximum atomic E-state index is 12.5. The molecule has 0 spiro atoms. The number of nitriles is 1. The highest BCUT2D eigenvalue weighted by Crippen LogP contribution is 2.28. The molecule has 0 bridgehead atoms. The van der Waals surface area contributed by atoms with Crippen molar-refractivity contribution >= 4 is 18.3 Å². The van der Waals surface area contributed by atoms with E-state index >= 15 is 0 Å². The highest BCUT2D eigenvalue weighted by atomic mass is 35.5. The summed E-state index contributed by atoms with van der Waals surface area (Å²) in [7, 11) is 0. The van der Waals surface area contributed by atoms with Crippen LogP contribution in [-0.4, -0.2) is 36.0 Å². The van der Waals surface area contributed by atoms with Crippen molar-refractivity contribution in [2.24, 2.45) is 0 Å². The number of likely N-dealkylation sites (tertiary alicyclic amines) is 1. The van der Waals surface area contributed by atoms with E-state index in [1.54, 1.807) is 4.90 Å². The maximum Gasteiger partial charge on any atom is 0.240 e. The van der Waals surface area contributed by atoms with Gasteiger partial charge < -0.3 is 10.2 Å². The van der Waals surface area contributed by atoms with E-state index < -0.39 is 0 Å². The van der Waals surface area contributed by atoms with Crippen molar-refractivity contribution in [1.29, 1.82) is 5.26 Å². The van der Waals surface area contributed by atoms with Gasteiger partial charge in [-0.1, -0.05) is 30.3 Å². The third kappa shape index (κ3) is 3.20. The van der Waals surface area contributed by atoms with Gasteiger partial charge in [-0.05, 0) is 30.7 Å². The quantitative estimate of drug-likeness (QED) is 0.910. The van der Waals surface area contributed by atoms with Crippen molar-refractivity contribution in [3.63, 3.8) is 0 Å². The predicted molar refractivity (Wildman–Crippen MR) is 83.2 cm³/mol. The lowest BCUT2D eigenvalue weighted by Crippen LogP contribution is -2.45. The Hall–Kier alpha value is -1.57. The van der Waals surface area contributed by atoms with Crippen LogP contribution >= 0.6 is 12.4 Å². The van der Waals surface area contributed by atoms with Crippen LogP contribution in [0.15, 0.2) is 30.3 Å². The molecule has 3 rings (SSSR count). The molecule has 0 aromatic heterocycles. The Morgan fingerprint density at radius 2 is 2.10 bits per heavy atom. The highest BCUT2D eigenvalue weighted by molar-refractivity contribution is 5.85. The summed E-state index contributed by atoms with van der Waals surface area (Å²) in [5, 5.41) is 12.4. The van der Waals surface area contributed by atoms with Crippen molar-refractivity contribution in [2.45, 2.75) is 37.3 Å². The topological polar surface area (TPSA) is 56.1 Å². The van der Waals surface area contributed by atoms with Gasteiger partial charge in [-0.15, -0.1) is 12.4 Å². The van der Waals surface area contributed by atoms with E-state index in [-0.39, 0.29) is 30.4 Å². The van der Waals surface area contributed by atoms with E-state index in [9.17, 15) is 4.79 Å². The van der Waals surface area contributed by atoms with Crippen molar-refractivity contribution < 1.29 is 4.79 Å². The SMILES string of the molecule is Cl.N#C[C@@H]1CCCN1C(=O)[C@@H]1C[C@H](c2ccccc2)CN1. The fraction of sp³-hybridized carbons (Fsp3) is 0.500. The summed E-state index contributed by atoms with van der Waals surface area (Å²) in [5.74, 6) is 0.501. The zero-order valence-corrected chi connectivity index (χ0v) is 12.7. The second-order valence-corrected chi connectivity index (χ2v) is 5.62. The van der Waals surface area contributed by atoms with E-state index in [0.29, 0.717) is 5.92 Å². The lowest BCUT2D eigenvalue weighted by atomic mass is 9.96. The van der Waals surface area contributed by atoms with E-state index in [1.165, 1.54) is 5.56 Å². The molecule has 0 unspecified atom stereocenters. The van der Waals surface area contributed by atoms with Gasteiger partial charge in [0.25, 0.3) is 0 Å². The Morgan fingerprint density at radius 1 is 1.33 bits per heavy atom. The first-order valence-corrected chi connectivity index (χ1v) is 7.28. The number of amides is 1. The summed E-state index contributed by atoms with van der Waals surface area (Å²) in [4.78, 5) is 14.3. The van der Waals surface area contributed by atoms with Gasteiger partial charge >= 0.3 is 0 Å². The number of benzene rings is 1. The second-order valence-electron chi connectivity index (χ2n) is 5.62. The summed E-state index contributed by atoms with van der Waals surface area (Å²) in [5.41, 5.74) is 1.29. The minimum Gasteiger partial charge on any atom is -0.325 e. The third-order valence-corrected chi connectivity index (χ3v) is 4.38. The van der Waals surface area contributed by atoms with Crippen LogP contribution in [-0.2, 0) is 4.79 Å². The predicted octanol–water partition coefficient (Wildman–Crippen LogP) is 2.07. The van der Waals surface area contributed by atoms with Gasteiger partial charge in [0.1, 0.15) is 6.04 Å². The fourth-order valence-electron chi connectivity index (χ4n) is 3.27. The van der Waals surface area contributed by atoms with Crippen LogP contribution < -0.4 is 5.32 Å². The Labute approximate surface area is 131 Å². The van der Waals surface area contributed by atoms with Crippen molar-refractivity contribution in [3.8, 4) is 6.07 Å². The number of hydrogen-bond donors (Lipinski definition) is 1. The first-order chi connectivity index (χ1) is 9.79.